The molecule has 1 atom stereocenters. The molecule has 5 rings (SSSR count). The van der Waals surface area contributed by atoms with Gasteiger partial charge in [-0.05, 0) is 54.4 Å². The maximum absolute atomic E-state index is 13.7. The van der Waals surface area contributed by atoms with Gasteiger partial charge in [-0.2, -0.15) is 0 Å². The lowest BCUT2D eigenvalue weighted by molar-refractivity contribution is 0.00331. The van der Waals surface area contributed by atoms with Gasteiger partial charge in [0.05, 0.1) is 42.5 Å². The number of piperazine rings is 1. The van der Waals surface area contributed by atoms with E-state index < -0.39 is 0 Å². The van der Waals surface area contributed by atoms with Crippen molar-refractivity contribution in [3.63, 3.8) is 0 Å². The third kappa shape index (κ3) is 7.08. The van der Waals surface area contributed by atoms with Crippen LogP contribution < -0.4 is 4.74 Å². The molecule has 4 aromatic rings. The number of carbonyl (C=O) groups excluding carboxylic acids is 2. The fourth-order valence-corrected chi connectivity index (χ4v) is 5.77. The molecule has 0 bridgehead atoms. The zero-order valence-corrected chi connectivity index (χ0v) is 26.2. The summed E-state index contributed by atoms with van der Waals surface area (Å²) in [5.74, 6) is 0.597. The van der Waals surface area contributed by atoms with E-state index >= 15 is 0 Å². The Morgan fingerprint density at radius 1 is 0.955 bits per heavy atom. The number of aromatic nitrogens is 1. The predicted molar refractivity (Wildman–Crippen MR) is 167 cm³/mol. The van der Waals surface area contributed by atoms with Crippen molar-refractivity contribution in [1.82, 2.24) is 15.0 Å². The number of ether oxygens (including phenoxy) is 3. The van der Waals surface area contributed by atoms with Gasteiger partial charge in [0.1, 0.15) is 22.8 Å². The molecule has 0 radical (unpaired) electrons. The summed E-state index contributed by atoms with van der Waals surface area (Å²) in [5.41, 5.74) is 3.58. The van der Waals surface area contributed by atoms with Gasteiger partial charge in [-0.3, -0.25) is 9.69 Å². The van der Waals surface area contributed by atoms with E-state index in [0.29, 0.717) is 77.5 Å². The van der Waals surface area contributed by atoms with Gasteiger partial charge in [-0.1, -0.05) is 58.7 Å². The Bertz CT molecular complexity index is 1600. The quantitative estimate of drug-likeness (QED) is 0.183. The first kappa shape index (κ1) is 31.5. The molecule has 9 nitrogen and oxygen atoms in total. The van der Waals surface area contributed by atoms with Gasteiger partial charge in [-0.15, -0.1) is 0 Å². The van der Waals surface area contributed by atoms with Gasteiger partial charge >= 0.3 is 5.97 Å². The van der Waals surface area contributed by atoms with Gasteiger partial charge in [-0.25, -0.2) is 4.79 Å². The Morgan fingerprint density at radius 3 is 2.30 bits per heavy atom. The van der Waals surface area contributed by atoms with Crippen molar-refractivity contribution in [2.24, 2.45) is 0 Å². The molecule has 44 heavy (non-hydrogen) atoms. The second-order valence-corrected chi connectivity index (χ2v) is 11.2. The topological polar surface area (TPSA) is 94.3 Å². The molecular formula is C33H33Cl2N3O6. The van der Waals surface area contributed by atoms with Crippen molar-refractivity contribution in [3.8, 4) is 17.0 Å². The second kappa shape index (κ2) is 14.3. The van der Waals surface area contributed by atoms with E-state index in [1.807, 2.05) is 36.4 Å². The van der Waals surface area contributed by atoms with Crippen LogP contribution in [0.15, 0.2) is 71.3 Å². The van der Waals surface area contributed by atoms with E-state index in [-0.39, 0.29) is 18.0 Å². The number of carbonyl (C=O) groups is 2. The lowest BCUT2D eigenvalue weighted by Crippen LogP contribution is -2.49. The molecule has 0 N–H and O–H groups in total. The summed E-state index contributed by atoms with van der Waals surface area (Å²) in [6.45, 7) is 5.00. The number of methoxy groups -OCH3 is 2. The van der Waals surface area contributed by atoms with Crippen molar-refractivity contribution >= 4 is 35.1 Å². The summed E-state index contributed by atoms with van der Waals surface area (Å²) >= 11 is 12.9. The summed E-state index contributed by atoms with van der Waals surface area (Å²) < 4.78 is 22.1. The predicted octanol–water partition coefficient (Wildman–Crippen LogP) is 6.47. The third-order valence-electron chi connectivity index (χ3n) is 7.65. The summed E-state index contributed by atoms with van der Waals surface area (Å²) in [7, 11) is 2.99. The SMILES string of the molecule is COC(=O)c1ccc(CO[C@H](CN2CCN(C(=O)c3c(-c4c(Cl)cccc4Cl)noc3C)CC2)c2cccc(OC)c2)cc1. The van der Waals surface area contributed by atoms with E-state index in [2.05, 4.69) is 10.1 Å². The fraction of sp³-hybridized carbons (Fsp3) is 0.303. The van der Waals surface area contributed by atoms with Crippen molar-refractivity contribution in [2.75, 3.05) is 46.9 Å². The standard InChI is InChI=1S/C33H33Cl2N3O6/c1-21-29(31(36-44-21)30-26(34)8-5-9-27(30)35)32(39)38-16-14-37(15-17-38)19-28(24-6-4-7-25(18-24)41-2)43-20-22-10-12-23(13-11-22)33(40)42-3/h4-13,18,28H,14-17,19-20H2,1-3H3/t28-/m1/s1. The number of aryl methyl sites for hydroxylation is 1. The van der Waals surface area contributed by atoms with Crippen molar-refractivity contribution < 1.29 is 28.3 Å². The molecule has 230 valence electrons. The molecule has 11 heteroatoms. The van der Waals surface area contributed by atoms with Crippen LogP contribution in [0.2, 0.25) is 10.0 Å². The van der Waals surface area contributed by atoms with Gasteiger partial charge < -0.3 is 23.6 Å². The second-order valence-electron chi connectivity index (χ2n) is 10.4. The van der Waals surface area contributed by atoms with Crippen molar-refractivity contribution in [3.05, 3.63) is 105 Å². The molecule has 0 saturated carbocycles. The highest BCUT2D eigenvalue weighted by Crippen LogP contribution is 2.37. The largest absolute Gasteiger partial charge is 0.497 e. The molecule has 1 aliphatic heterocycles. The molecule has 1 aliphatic rings. The fourth-order valence-electron chi connectivity index (χ4n) is 5.19. The van der Waals surface area contributed by atoms with Gasteiger partial charge in [0.25, 0.3) is 5.91 Å². The molecule has 1 aromatic heterocycles. The van der Waals surface area contributed by atoms with E-state index in [1.165, 1.54) is 7.11 Å². The Morgan fingerprint density at radius 2 is 1.64 bits per heavy atom. The molecule has 1 amide bonds. The van der Waals surface area contributed by atoms with Crippen LogP contribution in [0.3, 0.4) is 0 Å². The lowest BCUT2D eigenvalue weighted by Gasteiger charge is -2.36. The number of amides is 1. The van der Waals surface area contributed by atoms with Crippen LogP contribution in [0.4, 0.5) is 0 Å². The zero-order chi connectivity index (χ0) is 31.2. The highest BCUT2D eigenvalue weighted by molar-refractivity contribution is 6.39. The maximum Gasteiger partial charge on any atom is 0.337 e. The number of hydrogen-bond donors (Lipinski definition) is 0. The number of halogens is 2. The van der Waals surface area contributed by atoms with Gasteiger partial charge in [0.2, 0.25) is 0 Å². The Balaban J connectivity index is 1.27. The zero-order valence-electron chi connectivity index (χ0n) is 24.7. The lowest BCUT2D eigenvalue weighted by atomic mass is 10.0. The third-order valence-corrected chi connectivity index (χ3v) is 8.28. The number of esters is 1. The first-order chi connectivity index (χ1) is 21.3. The van der Waals surface area contributed by atoms with E-state index in [9.17, 15) is 9.59 Å². The summed E-state index contributed by atoms with van der Waals surface area (Å²) in [6.07, 6.45) is -0.262. The average molecular weight is 639 g/mol. The number of nitrogens with zero attached hydrogens (tertiary/aromatic N) is 3. The molecule has 0 unspecified atom stereocenters. The Kier molecular flexibility index (Phi) is 10.2. The monoisotopic (exact) mass is 637 g/mol. The van der Waals surface area contributed by atoms with Crippen LogP contribution in [-0.2, 0) is 16.1 Å². The summed E-state index contributed by atoms with van der Waals surface area (Å²) in [6, 6.07) is 20.1. The number of hydrogen-bond acceptors (Lipinski definition) is 8. The molecule has 1 saturated heterocycles. The van der Waals surface area contributed by atoms with Crippen LogP contribution in [0, 0.1) is 6.92 Å². The van der Waals surface area contributed by atoms with Crippen molar-refractivity contribution in [2.45, 2.75) is 19.6 Å². The average Bonchev–Trinajstić information content (AvgIpc) is 3.43. The van der Waals surface area contributed by atoms with Gasteiger partial charge in [0.15, 0.2) is 0 Å². The minimum atomic E-state index is -0.382. The number of benzene rings is 3. The summed E-state index contributed by atoms with van der Waals surface area (Å²) in [5, 5.41) is 4.93. The van der Waals surface area contributed by atoms with Gasteiger partial charge in [0, 0.05) is 38.3 Å². The molecule has 1 fully saturated rings. The molecule has 3 aromatic carbocycles. The number of rotatable bonds is 10. The van der Waals surface area contributed by atoms with E-state index in [1.54, 1.807) is 49.3 Å². The minimum absolute atomic E-state index is 0.176. The smallest absolute Gasteiger partial charge is 0.337 e. The summed E-state index contributed by atoms with van der Waals surface area (Å²) in [4.78, 5) is 29.6. The normalized spacial score (nSPS) is 14.3. The van der Waals surface area contributed by atoms with Crippen LogP contribution in [0.1, 0.15) is 43.7 Å². The first-order valence-corrected chi connectivity index (χ1v) is 14.9. The van der Waals surface area contributed by atoms with E-state index in [0.717, 1.165) is 16.9 Å². The van der Waals surface area contributed by atoms with E-state index in [4.69, 9.17) is 41.9 Å². The first-order valence-electron chi connectivity index (χ1n) is 14.1. The van der Waals surface area contributed by atoms with Crippen LogP contribution in [0.5, 0.6) is 5.75 Å². The molecular weight excluding hydrogens is 605 g/mol. The Labute approximate surface area is 266 Å². The van der Waals surface area contributed by atoms with Crippen LogP contribution in [-0.4, -0.2) is 73.8 Å². The molecule has 2 heterocycles. The van der Waals surface area contributed by atoms with Crippen LogP contribution >= 0.6 is 23.2 Å². The van der Waals surface area contributed by atoms with Crippen molar-refractivity contribution in [1.29, 1.82) is 0 Å². The molecule has 0 spiro atoms. The van der Waals surface area contributed by atoms with Crippen LogP contribution in [0.25, 0.3) is 11.3 Å². The Hall–Kier alpha value is -3.89. The minimum Gasteiger partial charge on any atom is -0.497 e. The highest BCUT2D eigenvalue weighted by Gasteiger charge is 2.31. The highest BCUT2D eigenvalue weighted by atomic mass is 35.5. The maximum atomic E-state index is 13.7. The molecule has 0 aliphatic carbocycles.